The third-order valence-corrected chi connectivity index (χ3v) is 6.33. The van der Waals surface area contributed by atoms with Crippen LogP contribution in [-0.4, -0.2) is 54.1 Å². The van der Waals surface area contributed by atoms with Crippen LogP contribution in [0.5, 0.6) is 0 Å². The van der Waals surface area contributed by atoms with Crippen molar-refractivity contribution in [1.29, 1.82) is 0 Å². The van der Waals surface area contributed by atoms with Gasteiger partial charge in [-0.05, 0) is 52.9 Å². The molecule has 3 saturated heterocycles. The number of epoxide rings is 2. The summed E-state index contributed by atoms with van der Waals surface area (Å²) in [7, 11) is 0. The molecule has 4 fully saturated rings. The summed E-state index contributed by atoms with van der Waals surface area (Å²) in [4.78, 5) is 13.9. The zero-order valence-corrected chi connectivity index (χ0v) is 15.0. The van der Waals surface area contributed by atoms with Crippen molar-refractivity contribution in [1.82, 2.24) is 4.90 Å². The SMILES string of the molecule is CC(C)=CC[C@H]1O[C@@]1(C)[C@H]1C[C@H](OC(=O)N2CCC2)CC[C@]12CO2. The third-order valence-electron chi connectivity index (χ3n) is 6.33. The summed E-state index contributed by atoms with van der Waals surface area (Å²) < 4.78 is 17.8. The highest BCUT2D eigenvalue weighted by Crippen LogP contribution is 2.59. The lowest BCUT2D eigenvalue weighted by molar-refractivity contribution is -0.0151. The van der Waals surface area contributed by atoms with E-state index in [1.807, 2.05) is 0 Å². The van der Waals surface area contributed by atoms with E-state index in [0.717, 1.165) is 51.8 Å². The highest BCUT2D eigenvalue weighted by molar-refractivity contribution is 5.68. The molecule has 0 bridgehead atoms. The molecule has 4 rings (SSSR count). The van der Waals surface area contributed by atoms with E-state index >= 15 is 0 Å². The fourth-order valence-corrected chi connectivity index (χ4v) is 4.40. The van der Waals surface area contributed by atoms with Gasteiger partial charge in [-0.25, -0.2) is 4.79 Å². The number of nitrogens with zero attached hydrogens (tertiary/aromatic N) is 1. The first kappa shape index (κ1) is 16.4. The van der Waals surface area contributed by atoms with Gasteiger partial charge in [0.1, 0.15) is 6.10 Å². The van der Waals surface area contributed by atoms with Gasteiger partial charge in [0.05, 0.1) is 23.9 Å². The third kappa shape index (κ3) is 2.86. The fourth-order valence-electron chi connectivity index (χ4n) is 4.40. The molecule has 0 radical (unpaired) electrons. The molecule has 24 heavy (non-hydrogen) atoms. The van der Waals surface area contributed by atoms with E-state index in [1.54, 1.807) is 4.90 Å². The van der Waals surface area contributed by atoms with Crippen molar-refractivity contribution in [2.45, 2.75) is 76.3 Å². The molecule has 0 aromatic rings. The lowest BCUT2D eigenvalue weighted by atomic mass is 9.70. The first-order valence-electron chi connectivity index (χ1n) is 9.34. The molecule has 1 spiro atoms. The first-order chi connectivity index (χ1) is 11.4. The largest absolute Gasteiger partial charge is 0.446 e. The second-order valence-electron chi connectivity index (χ2n) is 8.33. The molecule has 0 unspecified atom stereocenters. The van der Waals surface area contributed by atoms with Crippen LogP contribution in [0.2, 0.25) is 0 Å². The van der Waals surface area contributed by atoms with Crippen LogP contribution >= 0.6 is 0 Å². The van der Waals surface area contributed by atoms with Crippen LogP contribution < -0.4 is 0 Å². The van der Waals surface area contributed by atoms with Crippen molar-refractivity contribution in [3.05, 3.63) is 11.6 Å². The monoisotopic (exact) mass is 335 g/mol. The number of likely N-dealkylation sites (tertiary alicyclic amines) is 1. The highest BCUT2D eigenvalue weighted by Gasteiger charge is 2.68. The molecular formula is C19H29NO4. The molecule has 3 aliphatic heterocycles. The maximum Gasteiger partial charge on any atom is 0.410 e. The summed E-state index contributed by atoms with van der Waals surface area (Å²) in [6, 6.07) is 0. The second-order valence-corrected chi connectivity index (χ2v) is 8.33. The summed E-state index contributed by atoms with van der Waals surface area (Å²) in [5.41, 5.74) is 1.17. The van der Waals surface area contributed by atoms with Crippen LogP contribution in [0.15, 0.2) is 11.6 Å². The van der Waals surface area contributed by atoms with Gasteiger partial charge in [0, 0.05) is 19.0 Å². The molecule has 1 amide bonds. The van der Waals surface area contributed by atoms with Crippen LogP contribution in [0.25, 0.3) is 0 Å². The van der Waals surface area contributed by atoms with Crippen molar-refractivity contribution in [2.75, 3.05) is 19.7 Å². The minimum Gasteiger partial charge on any atom is -0.446 e. The standard InChI is InChI=1S/C19H29NO4/c1-13(2)5-6-16-18(3,24-16)15-11-14(7-8-19(15)12-22-19)23-17(21)20-9-4-10-20/h5,14-16H,4,6-12H2,1-3H3/t14-,15-,16-,18+,19+/m1/s1. The maximum atomic E-state index is 12.1. The Hall–Kier alpha value is -1.07. The Morgan fingerprint density at radius 1 is 1.38 bits per heavy atom. The zero-order chi connectivity index (χ0) is 16.9. The number of hydrogen-bond acceptors (Lipinski definition) is 4. The van der Waals surface area contributed by atoms with Gasteiger partial charge in [0.25, 0.3) is 0 Å². The topological polar surface area (TPSA) is 54.6 Å². The fraction of sp³-hybridized carbons (Fsp3) is 0.842. The van der Waals surface area contributed by atoms with Crippen LogP contribution in [-0.2, 0) is 14.2 Å². The number of hydrogen-bond donors (Lipinski definition) is 0. The smallest absolute Gasteiger partial charge is 0.410 e. The number of carbonyl (C=O) groups excluding carboxylic acids is 1. The van der Waals surface area contributed by atoms with Crippen molar-refractivity contribution < 1.29 is 19.0 Å². The van der Waals surface area contributed by atoms with Gasteiger partial charge in [0.15, 0.2) is 0 Å². The Bertz CT molecular complexity index is 548. The van der Waals surface area contributed by atoms with Gasteiger partial charge >= 0.3 is 6.09 Å². The Balaban J connectivity index is 1.39. The average Bonchev–Trinajstić information content (AvgIpc) is 3.36. The van der Waals surface area contributed by atoms with Gasteiger partial charge in [-0.2, -0.15) is 0 Å². The molecule has 5 nitrogen and oxygen atoms in total. The number of carbonyl (C=O) groups is 1. The van der Waals surface area contributed by atoms with Crippen LogP contribution in [0, 0.1) is 5.92 Å². The average molecular weight is 335 g/mol. The minimum absolute atomic E-state index is 0.00283. The molecule has 0 aromatic heterocycles. The summed E-state index contributed by atoms with van der Waals surface area (Å²) in [5, 5.41) is 0. The van der Waals surface area contributed by atoms with E-state index in [1.165, 1.54) is 5.57 Å². The number of amides is 1. The normalized spacial score (nSPS) is 43.1. The molecule has 0 aromatic carbocycles. The molecule has 0 N–H and O–H groups in total. The number of allylic oxidation sites excluding steroid dienone is 1. The van der Waals surface area contributed by atoms with Crippen LogP contribution in [0.3, 0.4) is 0 Å². The van der Waals surface area contributed by atoms with Crippen molar-refractivity contribution in [3.63, 3.8) is 0 Å². The Labute approximate surface area is 144 Å². The molecular weight excluding hydrogens is 306 g/mol. The second kappa shape index (κ2) is 5.73. The lowest BCUT2D eigenvalue weighted by Crippen LogP contribution is -2.47. The van der Waals surface area contributed by atoms with Gasteiger partial charge in [0.2, 0.25) is 0 Å². The van der Waals surface area contributed by atoms with E-state index in [9.17, 15) is 4.79 Å². The predicted octanol–water partition coefficient (Wildman–Crippen LogP) is 3.28. The van der Waals surface area contributed by atoms with Gasteiger partial charge in [-0.3, -0.25) is 0 Å². The quantitative estimate of drug-likeness (QED) is 0.584. The van der Waals surface area contributed by atoms with E-state index in [-0.39, 0.29) is 29.5 Å². The molecule has 5 atom stereocenters. The number of ether oxygens (including phenoxy) is 3. The first-order valence-corrected chi connectivity index (χ1v) is 9.34. The highest BCUT2D eigenvalue weighted by atomic mass is 16.6. The molecule has 134 valence electrons. The Kier molecular flexibility index (Phi) is 3.92. The Morgan fingerprint density at radius 3 is 2.71 bits per heavy atom. The van der Waals surface area contributed by atoms with E-state index in [0.29, 0.717) is 5.92 Å². The summed E-state index contributed by atoms with van der Waals surface area (Å²) in [5.74, 6) is 0.323. The number of rotatable bonds is 4. The molecule has 1 aliphatic carbocycles. The van der Waals surface area contributed by atoms with Crippen LogP contribution in [0.4, 0.5) is 4.79 Å². The minimum atomic E-state index is -0.138. The van der Waals surface area contributed by atoms with E-state index in [2.05, 4.69) is 26.8 Å². The van der Waals surface area contributed by atoms with E-state index in [4.69, 9.17) is 14.2 Å². The predicted molar refractivity (Wildman–Crippen MR) is 89.8 cm³/mol. The Morgan fingerprint density at radius 2 is 2.12 bits per heavy atom. The van der Waals surface area contributed by atoms with Crippen LogP contribution in [0.1, 0.15) is 52.9 Å². The molecule has 1 saturated carbocycles. The molecule has 4 aliphatic rings. The lowest BCUT2D eigenvalue weighted by Gasteiger charge is -2.38. The van der Waals surface area contributed by atoms with Crippen molar-refractivity contribution in [2.24, 2.45) is 5.92 Å². The van der Waals surface area contributed by atoms with Gasteiger partial charge in [-0.1, -0.05) is 11.6 Å². The van der Waals surface area contributed by atoms with E-state index < -0.39 is 0 Å². The zero-order valence-electron chi connectivity index (χ0n) is 15.0. The summed E-state index contributed by atoms with van der Waals surface area (Å²) in [6.45, 7) is 8.97. The van der Waals surface area contributed by atoms with Crippen molar-refractivity contribution in [3.8, 4) is 0 Å². The van der Waals surface area contributed by atoms with Crippen molar-refractivity contribution >= 4 is 6.09 Å². The van der Waals surface area contributed by atoms with Gasteiger partial charge < -0.3 is 19.1 Å². The molecule has 5 heteroatoms. The molecule has 3 heterocycles. The maximum absolute atomic E-state index is 12.1. The summed E-state index contributed by atoms with van der Waals surface area (Å²) in [6.07, 6.45) is 7.18. The van der Waals surface area contributed by atoms with Gasteiger partial charge in [-0.15, -0.1) is 0 Å². The summed E-state index contributed by atoms with van der Waals surface area (Å²) >= 11 is 0.